The molecule has 0 aromatic heterocycles. The van der Waals surface area contributed by atoms with E-state index in [4.69, 9.17) is 18.9 Å². The van der Waals surface area contributed by atoms with Gasteiger partial charge in [0.25, 0.3) is 0 Å². The topological polar surface area (TPSA) is 36.9 Å². The molecule has 0 aromatic carbocycles. The quantitative estimate of drug-likeness (QED) is 0.333. The van der Waals surface area contributed by atoms with Gasteiger partial charge < -0.3 is 18.9 Å². The average molecular weight is 477 g/mol. The molecule has 4 rings (SSSR count). The molecule has 0 saturated carbocycles. The number of rotatable bonds is 8. The summed E-state index contributed by atoms with van der Waals surface area (Å²) in [5.74, 6) is 0.778. The van der Waals surface area contributed by atoms with E-state index in [0.717, 1.165) is 51.6 Å². The van der Waals surface area contributed by atoms with Crippen LogP contribution in [0.4, 0.5) is 0 Å². The van der Waals surface area contributed by atoms with Gasteiger partial charge in [-0.2, -0.15) is 0 Å². The van der Waals surface area contributed by atoms with Gasteiger partial charge >= 0.3 is 0 Å². The maximum absolute atomic E-state index is 5.51. The molecule has 0 radical (unpaired) electrons. The van der Waals surface area contributed by atoms with E-state index in [-0.39, 0.29) is 12.6 Å². The van der Waals surface area contributed by atoms with Crippen molar-refractivity contribution in [3.05, 3.63) is 22.8 Å². The number of hydrogen-bond donors (Lipinski definition) is 0. The summed E-state index contributed by atoms with van der Waals surface area (Å²) in [5.41, 5.74) is 6.02. The maximum atomic E-state index is 5.51. The van der Waals surface area contributed by atoms with Gasteiger partial charge in [0.2, 0.25) is 0 Å². The summed E-state index contributed by atoms with van der Waals surface area (Å²) in [5, 5.41) is 0. The van der Waals surface area contributed by atoms with E-state index in [1.807, 2.05) is 0 Å². The van der Waals surface area contributed by atoms with E-state index in [0.29, 0.717) is 10.8 Å². The number of allylic oxidation sites excluding steroid dienone is 4. The maximum Gasteiger partial charge on any atom is 0.158 e. The Hall–Kier alpha value is -0.680. The molecule has 4 nitrogen and oxygen atoms in total. The van der Waals surface area contributed by atoms with Gasteiger partial charge in [-0.25, -0.2) is 0 Å². The normalized spacial score (nSPS) is 27.5. The Morgan fingerprint density at radius 1 is 0.794 bits per heavy atom. The second kappa shape index (κ2) is 13.0. The first-order valence-electron chi connectivity index (χ1n) is 14.1. The van der Waals surface area contributed by atoms with Crippen LogP contribution in [0.3, 0.4) is 0 Å². The predicted molar refractivity (Wildman–Crippen MR) is 140 cm³/mol. The second-order valence-corrected chi connectivity index (χ2v) is 12.3. The fourth-order valence-electron chi connectivity index (χ4n) is 6.03. The van der Waals surface area contributed by atoms with Gasteiger partial charge in [0, 0.05) is 12.8 Å². The minimum absolute atomic E-state index is 0.0587. The Labute approximate surface area is 209 Å². The van der Waals surface area contributed by atoms with Gasteiger partial charge in [0.1, 0.15) is 0 Å². The molecule has 0 aromatic rings. The Kier molecular flexibility index (Phi) is 10.7. The molecule has 34 heavy (non-hydrogen) atoms. The third kappa shape index (κ3) is 8.76. The van der Waals surface area contributed by atoms with Crippen LogP contribution in [0.15, 0.2) is 22.8 Å². The third-order valence-corrected chi connectivity index (χ3v) is 8.19. The van der Waals surface area contributed by atoms with Crippen molar-refractivity contribution in [3.8, 4) is 0 Å². The van der Waals surface area contributed by atoms with E-state index in [1.165, 1.54) is 51.4 Å². The summed E-state index contributed by atoms with van der Waals surface area (Å²) < 4.78 is 22.0. The molecular formula is C30H52O4. The van der Waals surface area contributed by atoms with Crippen LogP contribution in [0.5, 0.6) is 0 Å². The van der Waals surface area contributed by atoms with Gasteiger partial charge in [0.15, 0.2) is 12.6 Å². The number of hydrogen-bond acceptors (Lipinski definition) is 4. The Morgan fingerprint density at radius 3 is 1.94 bits per heavy atom. The van der Waals surface area contributed by atoms with Crippen molar-refractivity contribution in [1.82, 2.24) is 0 Å². The molecule has 0 bridgehead atoms. The highest BCUT2D eigenvalue weighted by atomic mass is 16.7. The monoisotopic (exact) mass is 476 g/mol. The lowest BCUT2D eigenvalue weighted by atomic mass is 9.71. The molecule has 0 N–H and O–H groups in total. The average Bonchev–Trinajstić information content (AvgIpc) is 3.51. The standard InChI is InChI=1S/2C15H26O2/c2*1-4-12-11-15(2,3)8-7-13(12)5-6-14-16-9-10-17-14/h14H,4-11H2,1-3H3;7,12,14H,4-6,8-11H2,1-3H3. The van der Waals surface area contributed by atoms with E-state index in [2.05, 4.69) is 47.6 Å². The lowest BCUT2D eigenvalue weighted by Crippen LogP contribution is -2.23. The van der Waals surface area contributed by atoms with Crippen molar-refractivity contribution in [2.75, 3.05) is 26.4 Å². The smallest absolute Gasteiger partial charge is 0.158 e. The molecule has 2 saturated heterocycles. The van der Waals surface area contributed by atoms with Crippen LogP contribution in [0.2, 0.25) is 0 Å². The molecule has 2 heterocycles. The third-order valence-electron chi connectivity index (χ3n) is 8.19. The first kappa shape index (κ1) is 27.9. The van der Waals surface area contributed by atoms with Crippen molar-refractivity contribution < 1.29 is 18.9 Å². The highest BCUT2D eigenvalue weighted by molar-refractivity contribution is 5.19. The largest absolute Gasteiger partial charge is 0.350 e. The van der Waals surface area contributed by atoms with Crippen molar-refractivity contribution in [3.63, 3.8) is 0 Å². The predicted octanol–water partition coefficient (Wildman–Crippen LogP) is 7.97. The van der Waals surface area contributed by atoms with Crippen LogP contribution in [-0.2, 0) is 18.9 Å². The van der Waals surface area contributed by atoms with Gasteiger partial charge in [0.05, 0.1) is 26.4 Å². The Bertz CT molecular complexity index is 676. The minimum atomic E-state index is 0.0587. The molecule has 4 heteroatoms. The van der Waals surface area contributed by atoms with E-state index in [1.54, 1.807) is 16.7 Å². The van der Waals surface area contributed by atoms with E-state index in [9.17, 15) is 0 Å². The van der Waals surface area contributed by atoms with E-state index >= 15 is 0 Å². The fraction of sp³-hybridized carbons (Fsp3) is 0.867. The Balaban J connectivity index is 0.000000191. The molecular weight excluding hydrogens is 424 g/mol. The van der Waals surface area contributed by atoms with E-state index < -0.39 is 0 Å². The summed E-state index contributed by atoms with van der Waals surface area (Å²) in [4.78, 5) is 0. The molecule has 1 atom stereocenters. The molecule has 2 aliphatic heterocycles. The van der Waals surface area contributed by atoms with Crippen LogP contribution in [-0.4, -0.2) is 39.0 Å². The summed E-state index contributed by atoms with van der Waals surface area (Å²) in [6.45, 7) is 17.2. The molecule has 196 valence electrons. The zero-order valence-electron chi connectivity index (χ0n) is 23.0. The first-order chi connectivity index (χ1) is 16.2. The molecule has 0 spiro atoms. The van der Waals surface area contributed by atoms with Gasteiger partial charge in [-0.05, 0) is 74.5 Å². The van der Waals surface area contributed by atoms with Gasteiger partial charge in [-0.15, -0.1) is 0 Å². The van der Waals surface area contributed by atoms with Crippen molar-refractivity contribution in [2.45, 2.75) is 125 Å². The highest BCUT2D eigenvalue weighted by Crippen LogP contribution is 2.42. The molecule has 0 amide bonds. The molecule has 2 aliphatic carbocycles. The Morgan fingerprint density at radius 2 is 1.38 bits per heavy atom. The fourth-order valence-corrected chi connectivity index (χ4v) is 6.03. The van der Waals surface area contributed by atoms with Gasteiger partial charge in [-0.3, -0.25) is 0 Å². The summed E-state index contributed by atoms with van der Waals surface area (Å²) >= 11 is 0. The number of ether oxygens (including phenoxy) is 4. The van der Waals surface area contributed by atoms with Crippen LogP contribution in [0, 0.1) is 16.7 Å². The first-order valence-corrected chi connectivity index (χ1v) is 14.1. The zero-order chi connectivity index (χ0) is 24.6. The van der Waals surface area contributed by atoms with Crippen molar-refractivity contribution in [1.29, 1.82) is 0 Å². The van der Waals surface area contributed by atoms with Crippen LogP contribution < -0.4 is 0 Å². The molecule has 1 unspecified atom stereocenters. The summed E-state index contributed by atoms with van der Waals surface area (Å²) in [6.07, 6.45) is 15.9. The van der Waals surface area contributed by atoms with Crippen molar-refractivity contribution in [2.24, 2.45) is 16.7 Å². The molecule has 4 aliphatic rings. The second-order valence-electron chi connectivity index (χ2n) is 12.3. The lowest BCUT2D eigenvalue weighted by Gasteiger charge is -2.35. The van der Waals surface area contributed by atoms with Crippen LogP contribution >= 0.6 is 0 Å². The minimum Gasteiger partial charge on any atom is -0.350 e. The SMILES string of the molecule is CCC1=C(CCC2OCCO2)CCC(C)(C)C1.CCC1CC(C)(C)CC=C1CCC1OCCO1. The highest BCUT2D eigenvalue weighted by Gasteiger charge is 2.29. The van der Waals surface area contributed by atoms with Crippen LogP contribution in [0.1, 0.15) is 112 Å². The summed E-state index contributed by atoms with van der Waals surface area (Å²) in [7, 11) is 0. The van der Waals surface area contributed by atoms with Crippen LogP contribution in [0.25, 0.3) is 0 Å². The van der Waals surface area contributed by atoms with Crippen molar-refractivity contribution >= 4 is 0 Å². The summed E-state index contributed by atoms with van der Waals surface area (Å²) in [6, 6.07) is 0. The van der Waals surface area contributed by atoms with Gasteiger partial charge in [-0.1, -0.05) is 64.3 Å². The molecule has 2 fully saturated rings. The lowest BCUT2D eigenvalue weighted by molar-refractivity contribution is -0.0468. The zero-order valence-corrected chi connectivity index (χ0v) is 23.0.